The van der Waals surface area contributed by atoms with E-state index in [4.69, 9.17) is 32.7 Å². The van der Waals surface area contributed by atoms with E-state index < -0.39 is 5.41 Å². The van der Waals surface area contributed by atoms with Crippen molar-refractivity contribution in [2.75, 3.05) is 18.5 Å². The summed E-state index contributed by atoms with van der Waals surface area (Å²) < 4.78 is 11.1. The molecule has 0 fully saturated rings. The van der Waals surface area contributed by atoms with E-state index in [1.165, 1.54) is 0 Å². The monoisotopic (exact) mass is 365 g/mol. The fraction of sp³-hybridized carbons (Fsp3) is 0.278. The minimum Gasteiger partial charge on any atom is -0.486 e. The lowest BCUT2D eigenvalue weighted by Crippen LogP contribution is -2.35. The molecular formula is C18H17Cl2NO3. The topological polar surface area (TPSA) is 47.6 Å². The van der Waals surface area contributed by atoms with Crippen molar-refractivity contribution >= 4 is 34.8 Å². The second kappa shape index (κ2) is 6.54. The number of ether oxygens (including phenoxy) is 2. The molecule has 6 heteroatoms. The predicted molar refractivity (Wildman–Crippen MR) is 95.5 cm³/mol. The van der Waals surface area contributed by atoms with Crippen molar-refractivity contribution < 1.29 is 14.3 Å². The van der Waals surface area contributed by atoms with Crippen molar-refractivity contribution in [3.63, 3.8) is 0 Å². The first-order valence-corrected chi connectivity index (χ1v) is 8.30. The Morgan fingerprint density at radius 2 is 1.75 bits per heavy atom. The van der Waals surface area contributed by atoms with Gasteiger partial charge in [-0.05, 0) is 49.7 Å². The lowest BCUT2D eigenvalue weighted by atomic mass is 9.83. The Hall–Kier alpha value is -1.91. The highest BCUT2D eigenvalue weighted by molar-refractivity contribution is 6.35. The Morgan fingerprint density at radius 1 is 1.04 bits per heavy atom. The number of nitrogens with one attached hydrogen (secondary N) is 1. The van der Waals surface area contributed by atoms with Gasteiger partial charge in [-0.1, -0.05) is 29.3 Å². The first-order valence-electron chi connectivity index (χ1n) is 7.54. The number of halogens is 2. The van der Waals surface area contributed by atoms with E-state index in [1.54, 1.807) is 18.2 Å². The lowest BCUT2D eigenvalue weighted by molar-refractivity contribution is -0.120. The van der Waals surface area contributed by atoms with Gasteiger partial charge < -0.3 is 14.8 Å². The molecular weight excluding hydrogens is 349 g/mol. The molecule has 2 aromatic rings. The molecule has 1 heterocycles. The molecule has 0 saturated heterocycles. The Kier molecular flexibility index (Phi) is 4.61. The molecule has 0 spiro atoms. The molecule has 2 aromatic carbocycles. The molecule has 1 aliphatic heterocycles. The van der Waals surface area contributed by atoms with Crippen LogP contribution in [-0.2, 0) is 10.2 Å². The van der Waals surface area contributed by atoms with E-state index >= 15 is 0 Å². The number of carbonyl (C=O) groups is 1. The third-order valence-electron chi connectivity index (χ3n) is 4.01. The van der Waals surface area contributed by atoms with Crippen molar-refractivity contribution in [2.24, 2.45) is 0 Å². The maximum atomic E-state index is 12.8. The number of hydrogen-bond acceptors (Lipinski definition) is 3. The molecule has 24 heavy (non-hydrogen) atoms. The van der Waals surface area contributed by atoms with Crippen LogP contribution in [0.15, 0.2) is 36.4 Å². The van der Waals surface area contributed by atoms with E-state index in [2.05, 4.69) is 5.32 Å². The molecule has 1 N–H and O–H groups in total. The van der Waals surface area contributed by atoms with Gasteiger partial charge in [0.15, 0.2) is 11.5 Å². The smallest absolute Gasteiger partial charge is 0.234 e. The van der Waals surface area contributed by atoms with E-state index in [1.807, 2.05) is 32.0 Å². The zero-order chi connectivity index (χ0) is 17.3. The quantitative estimate of drug-likeness (QED) is 0.858. The van der Waals surface area contributed by atoms with Gasteiger partial charge >= 0.3 is 0 Å². The van der Waals surface area contributed by atoms with Gasteiger partial charge in [-0.25, -0.2) is 0 Å². The Balaban J connectivity index is 1.86. The Morgan fingerprint density at radius 3 is 2.50 bits per heavy atom. The molecule has 1 amide bonds. The van der Waals surface area contributed by atoms with E-state index in [0.717, 1.165) is 5.56 Å². The summed E-state index contributed by atoms with van der Waals surface area (Å²) in [6.45, 7) is 4.71. The SMILES string of the molecule is CC(C)(C(=O)Nc1cc(Cl)ccc1Cl)c1ccc2c(c1)OCCO2. The average molecular weight is 366 g/mol. The Bertz CT molecular complexity index is 790. The zero-order valence-corrected chi connectivity index (χ0v) is 14.9. The van der Waals surface area contributed by atoms with Gasteiger partial charge in [-0.3, -0.25) is 4.79 Å². The van der Waals surface area contributed by atoms with Crippen LogP contribution in [0.4, 0.5) is 5.69 Å². The van der Waals surface area contributed by atoms with Gasteiger partial charge in [-0.15, -0.1) is 0 Å². The van der Waals surface area contributed by atoms with Crippen molar-refractivity contribution in [2.45, 2.75) is 19.3 Å². The molecule has 3 rings (SSSR count). The first kappa shape index (κ1) is 16.9. The summed E-state index contributed by atoms with van der Waals surface area (Å²) in [6.07, 6.45) is 0. The summed E-state index contributed by atoms with van der Waals surface area (Å²) in [6, 6.07) is 10.5. The summed E-state index contributed by atoms with van der Waals surface area (Å²) in [4.78, 5) is 12.8. The summed E-state index contributed by atoms with van der Waals surface area (Å²) in [5.74, 6) is 1.16. The fourth-order valence-corrected chi connectivity index (χ4v) is 2.77. The molecule has 1 aliphatic rings. The molecule has 0 aromatic heterocycles. The average Bonchev–Trinajstić information content (AvgIpc) is 2.57. The molecule has 0 saturated carbocycles. The van der Waals surface area contributed by atoms with Crippen LogP contribution in [0.3, 0.4) is 0 Å². The van der Waals surface area contributed by atoms with Crippen LogP contribution in [0.5, 0.6) is 11.5 Å². The number of benzene rings is 2. The van der Waals surface area contributed by atoms with Crippen molar-refractivity contribution in [1.29, 1.82) is 0 Å². The van der Waals surface area contributed by atoms with Gasteiger partial charge in [0.2, 0.25) is 5.91 Å². The van der Waals surface area contributed by atoms with Crippen LogP contribution in [0, 0.1) is 0 Å². The number of hydrogen-bond donors (Lipinski definition) is 1. The normalized spacial score (nSPS) is 13.5. The van der Waals surface area contributed by atoms with E-state index in [-0.39, 0.29) is 5.91 Å². The van der Waals surface area contributed by atoms with Gasteiger partial charge in [0, 0.05) is 5.02 Å². The minimum atomic E-state index is -0.790. The van der Waals surface area contributed by atoms with E-state index in [9.17, 15) is 4.79 Å². The van der Waals surface area contributed by atoms with Crippen LogP contribution in [0.2, 0.25) is 10.0 Å². The maximum absolute atomic E-state index is 12.8. The fourth-order valence-electron chi connectivity index (χ4n) is 2.44. The third kappa shape index (κ3) is 3.30. The van der Waals surface area contributed by atoms with Gasteiger partial charge in [0.25, 0.3) is 0 Å². The first-order chi connectivity index (χ1) is 11.4. The number of anilines is 1. The van der Waals surface area contributed by atoms with Crippen molar-refractivity contribution in [3.8, 4) is 11.5 Å². The largest absolute Gasteiger partial charge is 0.486 e. The van der Waals surface area contributed by atoms with Crippen LogP contribution < -0.4 is 14.8 Å². The second-order valence-electron chi connectivity index (χ2n) is 6.06. The number of amides is 1. The zero-order valence-electron chi connectivity index (χ0n) is 13.4. The molecule has 126 valence electrons. The molecule has 0 atom stereocenters. The molecule has 0 bridgehead atoms. The van der Waals surface area contributed by atoms with Crippen molar-refractivity contribution in [3.05, 3.63) is 52.0 Å². The number of rotatable bonds is 3. The van der Waals surface area contributed by atoms with Crippen LogP contribution in [0.1, 0.15) is 19.4 Å². The van der Waals surface area contributed by atoms with Crippen LogP contribution in [0.25, 0.3) is 0 Å². The highest BCUT2D eigenvalue weighted by Gasteiger charge is 2.31. The summed E-state index contributed by atoms with van der Waals surface area (Å²) >= 11 is 12.1. The third-order valence-corrected chi connectivity index (χ3v) is 4.57. The van der Waals surface area contributed by atoms with Gasteiger partial charge in [-0.2, -0.15) is 0 Å². The van der Waals surface area contributed by atoms with Crippen LogP contribution >= 0.6 is 23.2 Å². The van der Waals surface area contributed by atoms with Gasteiger partial charge in [0.05, 0.1) is 16.1 Å². The summed E-state index contributed by atoms with van der Waals surface area (Å²) in [5, 5.41) is 3.78. The number of fused-ring (bicyclic) bond motifs is 1. The molecule has 0 radical (unpaired) electrons. The summed E-state index contributed by atoms with van der Waals surface area (Å²) in [5.41, 5.74) is 0.517. The molecule has 4 nitrogen and oxygen atoms in total. The standard InChI is InChI=1S/C18H17Cl2NO3/c1-18(2,11-3-6-15-16(9-11)24-8-7-23-15)17(22)21-14-10-12(19)4-5-13(14)20/h3-6,9-10H,7-8H2,1-2H3,(H,21,22). The lowest BCUT2D eigenvalue weighted by Gasteiger charge is -2.26. The molecule has 0 unspecified atom stereocenters. The highest BCUT2D eigenvalue weighted by Crippen LogP contribution is 2.36. The molecule has 0 aliphatic carbocycles. The number of carbonyl (C=O) groups excluding carboxylic acids is 1. The van der Waals surface area contributed by atoms with E-state index in [0.29, 0.717) is 40.4 Å². The Labute approximate surface area is 150 Å². The summed E-state index contributed by atoms with van der Waals surface area (Å²) in [7, 11) is 0. The second-order valence-corrected chi connectivity index (χ2v) is 6.91. The maximum Gasteiger partial charge on any atom is 0.234 e. The van der Waals surface area contributed by atoms with Crippen LogP contribution in [-0.4, -0.2) is 19.1 Å². The van der Waals surface area contributed by atoms with Crippen molar-refractivity contribution in [1.82, 2.24) is 0 Å². The predicted octanol–water partition coefficient (Wildman–Crippen LogP) is 4.68. The highest BCUT2D eigenvalue weighted by atomic mass is 35.5. The van der Waals surface area contributed by atoms with Gasteiger partial charge in [0.1, 0.15) is 13.2 Å². The minimum absolute atomic E-state index is 0.191.